The lowest BCUT2D eigenvalue weighted by molar-refractivity contribution is 0.393. The van der Waals surface area contributed by atoms with Gasteiger partial charge >= 0.3 is 0 Å². The van der Waals surface area contributed by atoms with Gasteiger partial charge < -0.3 is 4.52 Å². The predicted octanol–water partition coefficient (Wildman–Crippen LogP) is 3.90. The summed E-state index contributed by atoms with van der Waals surface area (Å²) in [6.07, 6.45) is 0. The Hall–Kier alpha value is -1.90. The first-order valence-electron chi connectivity index (χ1n) is 4.97. The van der Waals surface area contributed by atoms with Crippen molar-refractivity contribution in [3.05, 3.63) is 47.9 Å². The van der Waals surface area contributed by atoms with E-state index in [9.17, 15) is 4.39 Å². The average Bonchev–Trinajstić information content (AvgIpc) is 2.59. The van der Waals surface area contributed by atoms with Crippen molar-refractivity contribution in [3.63, 3.8) is 0 Å². The van der Waals surface area contributed by atoms with Crippen molar-refractivity contribution >= 4 is 5.83 Å². The molecule has 0 radical (unpaired) electrons. The summed E-state index contributed by atoms with van der Waals surface area (Å²) >= 11 is 0. The first-order chi connectivity index (χ1) is 7.59. The van der Waals surface area contributed by atoms with Crippen molar-refractivity contribution in [3.8, 4) is 11.1 Å². The van der Waals surface area contributed by atoms with Crippen LogP contribution in [0.4, 0.5) is 4.39 Å². The fourth-order valence-electron chi connectivity index (χ4n) is 1.74. The molecule has 82 valence electrons. The molecule has 0 aliphatic rings. The van der Waals surface area contributed by atoms with E-state index in [-0.39, 0.29) is 0 Å². The second-order valence-corrected chi connectivity index (χ2v) is 3.68. The van der Waals surface area contributed by atoms with Crippen molar-refractivity contribution in [1.29, 1.82) is 0 Å². The van der Waals surface area contributed by atoms with Gasteiger partial charge in [0, 0.05) is 11.1 Å². The zero-order valence-corrected chi connectivity index (χ0v) is 9.25. The van der Waals surface area contributed by atoms with Crippen LogP contribution >= 0.6 is 0 Å². The van der Waals surface area contributed by atoms with Gasteiger partial charge in [-0.15, -0.1) is 0 Å². The van der Waals surface area contributed by atoms with Gasteiger partial charge in [0.1, 0.15) is 11.6 Å². The van der Waals surface area contributed by atoms with Crippen molar-refractivity contribution in [2.75, 3.05) is 0 Å². The van der Waals surface area contributed by atoms with Crippen LogP contribution in [0.2, 0.25) is 0 Å². The molecule has 0 N–H and O–H groups in total. The fraction of sp³-hybridized carbons (Fsp3) is 0.154. The Morgan fingerprint density at radius 1 is 1.38 bits per heavy atom. The molecule has 3 heteroatoms. The Labute approximate surface area is 93.4 Å². The molecule has 2 nitrogen and oxygen atoms in total. The molecule has 0 bridgehead atoms. The summed E-state index contributed by atoms with van der Waals surface area (Å²) < 4.78 is 18.1. The number of nitrogens with zero attached hydrogens (tertiary/aromatic N) is 1. The maximum absolute atomic E-state index is 13.0. The highest BCUT2D eigenvalue weighted by molar-refractivity contribution is 5.71. The van der Waals surface area contributed by atoms with E-state index in [4.69, 9.17) is 4.52 Å². The molecule has 1 aromatic carbocycles. The quantitative estimate of drug-likeness (QED) is 0.762. The molecule has 0 fully saturated rings. The van der Waals surface area contributed by atoms with E-state index in [1.807, 2.05) is 19.9 Å². The maximum Gasteiger partial charge on any atom is 0.141 e. The molecule has 1 heterocycles. The first kappa shape index (κ1) is 10.6. The number of rotatable bonds is 2. The van der Waals surface area contributed by atoms with E-state index in [0.717, 1.165) is 22.6 Å². The molecule has 0 aliphatic carbocycles. The molecule has 0 saturated heterocycles. The largest absolute Gasteiger partial charge is 0.361 e. The fourth-order valence-corrected chi connectivity index (χ4v) is 1.74. The van der Waals surface area contributed by atoms with Gasteiger partial charge in [0.15, 0.2) is 0 Å². The Morgan fingerprint density at radius 3 is 2.69 bits per heavy atom. The minimum atomic E-state index is -0.436. The Balaban J connectivity index is 2.57. The van der Waals surface area contributed by atoms with E-state index in [2.05, 4.69) is 11.7 Å². The van der Waals surface area contributed by atoms with E-state index in [0.29, 0.717) is 5.56 Å². The van der Waals surface area contributed by atoms with Crippen molar-refractivity contribution < 1.29 is 8.91 Å². The van der Waals surface area contributed by atoms with Crippen molar-refractivity contribution in [1.82, 2.24) is 5.16 Å². The summed E-state index contributed by atoms with van der Waals surface area (Å²) in [5.41, 5.74) is 3.10. The van der Waals surface area contributed by atoms with Gasteiger partial charge in [-0.1, -0.05) is 29.9 Å². The molecule has 0 amide bonds. The van der Waals surface area contributed by atoms with Gasteiger partial charge in [-0.05, 0) is 25.5 Å². The number of aryl methyl sites for hydroxylation is 2. The summed E-state index contributed by atoms with van der Waals surface area (Å²) in [6, 6.07) is 7.12. The normalized spacial score (nSPS) is 10.4. The van der Waals surface area contributed by atoms with Crippen LogP contribution < -0.4 is 0 Å². The SMILES string of the molecule is C=C(F)c1cccc(-c2c(C)noc2C)c1. The molecular weight excluding hydrogens is 205 g/mol. The lowest BCUT2D eigenvalue weighted by atomic mass is 10.0. The summed E-state index contributed by atoms with van der Waals surface area (Å²) in [5.74, 6) is 0.299. The third-order valence-electron chi connectivity index (χ3n) is 2.50. The van der Waals surface area contributed by atoms with Crippen LogP contribution in [0.1, 0.15) is 17.0 Å². The molecule has 1 aromatic heterocycles. The molecular formula is C13H12FNO. The summed E-state index contributed by atoms with van der Waals surface area (Å²) in [5, 5.41) is 3.88. The number of hydrogen-bond acceptors (Lipinski definition) is 2. The highest BCUT2D eigenvalue weighted by Gasteiger charge is 2.11. The molecule has 0 aliphatic heterocycles. The van der Waals surface area contributed by atoms with E-state index in [1.165, 1.54) is 0 Å². The van der Waals surface area contributed by atoms with Crippen LogP contribution in [-0.4, -0.2) is 5.16 Å². The summed E-state index contributed by atoms with van der Waals surface area (Å²) in [4.78, 5) is 0. The minimum Gasteiger partial charge on any atom is -0.361 e. The summed E-state index contributed by atoms with van der Waals surface area (Å²) in [6.45, 7) is 6.99. The van der Waals surface area contributed by atoms with E-state index >= 15 is 0 Å². The molecule has 2 rings (SSSR count). The number of hydrogen-bond donors (Lipinski definition) is 0. The minimum absolute atomic E-state index is 0.436. The van der Waals surface area contributed by atoms with E-state index in [1.54, 1.807) is 18.2 Å². The molecule has 0 unspecified atom stereocenters. The van der Waals surface area contributed by atoms with Crippen LogP contribution in [0.25, 0.3) is 17.0 Å². The highest BCUT2D eigenvalue weighted by Crippen LogP contribution is 2.28. The standard InChI is InChI=1S/C13H12FNO/c1-8(14)11-5-4-6-12(7-11)13-9(2)15-16-10(13)3/h4-7H,1H2,2-3H3. The molecule has 0 saturated carbocycles. The second-order valence-electron chi connectivity index (χ2n) is 3.68. The highest BCUT2D eigenvalue weighted by atomic mass is 19.1. The van der Waals surface area contributed by atoms with Crippen LogP contribution in [0.5, 0.6) is 0 Å². The second kappa shape index (κ2) is 3.93. The molecule has 0 atom stereocenters. The first-order valence-corrected chi connectivity index (χ1v) is 4.97. The van der Waals surface area contributed by atoms with Crippen molar-refractivity contribution in [2.45, 2.75) is 13.8 Å². The molecule has 16 heavy (non-hydrogen) atoms. The van der Waals surface area contributed by atoms with Gasteiger partial charge in [-0.3, -0.25) is 0 Å². The lowest BCUT2D eigenvalue weighted by Crippen LogP contribution is -1.84. The third-order valence-corrected chi connectivity index (χ3v) is 2.50. The van der Waals surface area contributed by atoms with E-state index < -0.39 is 5.83 Å². The monoisotopic (exact) mass is 217 g/mol. The van der Waals surface area contributed by atoms with Crippen molar-refractivity contribution in [2.24, 2.45) is 0 Å². The Bertz CT molecular complexity index is 523. The number of halogens is 1. The number of aromatic nitrogens is 1. The molecule has 0 spiro atoms. The van der Waals surface area contributed by atoms with Gasteiger partial charge in [0.05, 0.1) is 5.69 Å². The topological polar surface area (TPSA) is 26.0 Å². The van der Waals surface area contributed by atoms with Gasteiger partial charge in [-0.2, -0.15) is 0 Å². The summed E-state index contributed by atoms with van der Waals surface area (Å²) in [7, 11) is 0. The third kappa shape index (κ3) is 1.76. The lowest BCUT2D eigenvalue weighted by Gasteiger charge is -2.02. The Morgan fingerprint density at radius 2 is 2.12 bits per heavy atom. The van der Waals surface area contributed by atoms with Crippen LogP contribution in [0.15, 0.2) is 35.4 Å². The number of benzene rings is 1. The average molecular weight is 217 g/mol. The van der Waals surface area contributed by atoms with Gasteiger partial charge in [-0.25, -0.2) is 4.39 Å². The zero-order chi connectivity index (χ0) is 11.7. The van der Waals surface area contributed by atoms with Gasteiger partial charge in [0.25, 0.3) is 0 Å². The maximum atomic E-state index is 13.0. The predicted molar refractivity (Wildman–Crippen MR) is 61.6 cm³/mol. The van der Waals surface area contributed by atoms with Gasteiger partial charge in [0.2, 0.25) is 0 Å². The molecule has 2 aromatic rings. The van der Waals surface area contributed by atoms with Crippen LogP contribution in [-0.2, 0) is 0 Å². The van der Waals surface area contributed by atoms with Crippen LogP contribution in [0, 0.1) is 13.8 Å². The zero-order valence-electron chi connectivity index (χ0n) is 9.25. The Kier molecular flexibility index (Phi) is 2.60. The van der Waals surface area contributed by atoms with Crippen LogP contribution in [0.3, 0.4) is 0 Å². The smallest absolute Gasteiger partial charge is 0.141 e.